The van der Waals surface area contributed by atoms with Crippen LogP contribution < -0.4 is 0 Å². The molecule has 1 fully saturated rings. The molecule has 0 unspecified atom stereocenters. The van der Waals surface area contributed by atoms with Gasteiger partial charge in [-0.1, -0.05) is 11.6 Å². The van der Waals surface area contributed by atoms with E-state index in [-0.39, 0.29) is 4.75 Å². The summed E-state index contributed by atoms with van der Waals surface area (Å²) in [5, 5.41) is 0.573. The maximum Gasteiger partial charge on any atom is 0.145 e. The van der Waals surface area contributed by atoms with Gasteiger partial charge in [-0.2, -0.15) is 11.8 Å². The van der Waals surface area contributed by atoms with Gasteiger partial charge in [-0.05, 0) is 39.0 Å². The van der Waals surface area contributed by atoms with Gasteiger partial charge in [0.05, 0.1) is 4.75 Å². The van der Waals surface area contributed by atoms with Gasteiger partial charge in [-0.15, -0.1) is 0 Å². The maximum absolute atomic E-state index is 6.02. The van der Waals surface area contributed by atoms with Crippen LogP contribution in [-0.4, -0.2) is 16.2 Å². The third-order valence-corrected chi connectivity index (χ3v) is 4.16. The van der Waals surface area contributed by atoms with Crippen molar-refractivity contribution in [3.63, 3.8) is 0 Å². The lowest BCUT2D eigenvalue weighted by molar-refractivity contribution is 0.698. The molecule has 1 heterocycles. The van der Waals surface area contributed by atoms with Crippen LogP contribution in [0.2, 0.25) is 5.15 Å². The molecule has 0 bridgehead atoms. The van der Waals surface area contributed by atoms with Crippen molar-refractivity contribution in [2.24, 2.45) is 0 Å². The molecule has 0 aliphatic heterocycles. The topological polar surface area (TPSA) is 25.8 Å². The highest BCUT2D eigenvalue weighted by atomic mass is 35.5. The largest absolute Gasteiger partial charge is 0.236 e. The van der Waals surface area contributed by atoms with Crippen molar-refractivity contribution < 1.29 is 0 Å². The monoisotopic (exact) mass is 242 g/mol. The highest BCUT2D eigenvalue weighted by Crippen LogP contribution is 2.41. The van der Waals surface area contributed by atoms with E-state index in [4.69, 9.17) is 11.6 Å². The molecule has 1 aliphatic rings. The van der Waals surface area contributed by atoms with E-state index in [1.165, 1.54) is 12.8 Å². The molecular formula is C11H15ClN2S. The highest BCUT2D eigenvalue weighted by Gasteiger charge is 2.29. The van der Waals surface area contributed by atoms with Gasteiger partial charge < -0.3 is 0 Å². The van der Waals surface area contributed by atoms with E-state index in [1.807, 2.05) is 6.07 Å². The first-order valence-electron chi connectivity index (χ1n) is 5.13. The Morgan fingerprint density at radius 2 is 2.07 bits per heavy atom. The zero-order chi connectivity index (χ0) is 11.1. The molecule has 2 rings (SSSR count). The summed E-state index contributed by atoms with van der Waals surface area (Å²) in [6.45, 7) is 4.25. The molecule has 1 aromatic rings. The predicted molar refractivity (Wildman–Crippen MR) is 65.6 cm³/mol. The first kappa shape index (κ1) is 11.2. The second-order valence-corrected chi connectivity index (χ2v) is 6.24. The molecule has 0 aromatic carbocycles. The average Bonchev–Trinajstić information content (AvgIpc) is 3.00. The van der Waals surface area contributed by atoms with Crippen LogP contribution in [0.3, 0.4) is 0 Å². The van der Waals surface area contributed by atoms with Gasteiger partial charge in [0.25, 0.3) is 0 Å². The van der Waals surface area contributed by atoms with Crippen molar-refractivity contribution >= 4 is 23.4 Å². The SMILES string of the molecule is CSC(C)(C)c1nc(Cl)cc(C2CC2)n1. The zero-order valence-electron chi connectivity index (χ0n) is 9.25. The number of aromatic nitrogens is 2. The molecule has 15 heavy (non-hydrogen) atoms. The Balaban J connectivity index is 2.38. The smallest absolute Gasteiger partial charge is 0.145 e. The molecule has 0 spiro atoms. The van der Waals surface area contributed by atoms with Crippen molar-refractivity contribution in [1.82, 2.24) is 9.97 Å². The van der Waals surface area contributed by atoms with E-state index in [0.29, 0.717) is 11.1 Å². The van der Waals surface area contributed by atoms with Crippen LogP contribution in [0.4, 0.5) is 0 Å². The number of thioether (sulfide) groups is 1. The van der Waals surface area contributed by atoms with Crippen LogP contribution in [0.15, 0.2) is 6.07 Å². The van der Waals surface area contributed by atoms with Crippen molar-refractivity contribution in [1.29, 1.82) is 0 Å². The second-order valence-electron chi connectivity index (χ2n) is 4.43. The summed E-state index contributed by atoms with van der Waals surface area (Å²) < 4.78 is -0.0610. The normalized spacial score (nSPS) is 16.8. The summed E-state index contributed by atoms with van der Waals surface area (Å²) in [5.41, 5.74) is 1.12. The predicted octanol–water partition coefficient (Wildman–Crippen LogP) is 3.61. The summed E-state index contributed by atoms with van der Waals surface area (Å²) in [5.74, 6) is 1.48. The molecule has 2 nitrogen and oxygen atoms in total. The number of hydrogen-bond donors (Lipinski definition) is 0. The number of rotatable bonds is 3. The van der Waals surface area contributed by atoms with Crippen LogP contribution in [0.25, 0.3) is 0 Å². The van der Waals surface area contributed by atoms with E-state index < -0.39 is 0 Å². The molecule has 1 aromatic heterocycles. The lowest BCUT2D eigenvalue weighted by atomic mass is 10.2. The van der Waals surface area contributed by atoms with Crippen molar-refractivity contribution in [3.05, 3.63) is 22.7 Å². The van der Waals surface area contributed by atoms with Gasteiger partial charge in [-0.25, -0.2) is 9.97 Å². The lowest BCUT2D eigenvalue weighted by Gasteiger charge is -2.20. The Bertz CT molecular complexity index is 375. The Labute approximate surface area is 99.8 Å². The highest BCUT2D eigenvalue weighted by molar-refractivity contribution is 7.99. The molecule has 1 saturated carbocycles. The van der Waals surface area contributed by atoms with E-state index in [0.717, 1.165) is 11.5 Å². The number of nitrogens with zero attached hydrogens (tertiary/aromatic N) is 2. The minimum atomic E-state index is -0.0610. The van der Waals surface area contributed by atoms with Crippen molar-refractivity contribution in [3.8, 4) is 0 Å². The minimum Gasteiger partial charge on any atom is -0.236 e. The van der Waals surface area contributed by atoms with Gasteiger partial charge in [0.15, 0.2) is 0 Å². The standard InChI is InChI=1S/C11H15ClN2S/c1-11(2,15-3)10-13-8(7-4-5-7)6-9(12)14-10/h6-7H,4-5H2,1-3H3. The van der Waals surface area contributed by atoms with Crippen molar-refractivity contribution in [2.75, 3.05) is 6.26 Å². The fourth-order valence-electron chi connectivity index (χ4n) is 1.38. The fraction of sp³-hybridized carbons (Fsp3) is 0.636. The van der Waals surface area contributed by atoms with Crippen LogP contribution in [0, 0.1) is 0 Å². The fourth-order valence-corrected chi connectivity index (χ4v) is 1.85. The summed E-state index contributed by atoms with van der Waals surface area (Å²) in [6.07, 6.45) is 4.56. The molecule has 0 amide bonds. The summed E-state index contributed by atoms with van der Waals surface area (Å²) >= 11 is 7.77. The van der Waals surface area contributed by atoms with Gasteiger partial charge in [0.2, 0.25) is 0 Å². The first-order valence-corrected chi connectivity index (χ1v) is 6.73. The van der Waals surface area contributed by atoms with E-state index in [1.54, 1.807) is 11.8 Å². The Hall–Kier alpha value is -0.280. The minimum absolute atomic E-state index is 0.0610. The first-order chi connectivity index (χ1) is 7.03. The van der Waals surface area contributed by atoms with Gasteiger partial charge in [-0.3, -0.25) is 0 Å². The molecule has 0 radical (unpaired) electrons. The third kappa shape index (κ3) is 2.45. The Morgan fingerprint density at radius 3 is 2.60 bits per heavy atom. The second kappa shape index (κ2) is 3.95. The number of halogens is 1. The molecule has 1 aliphatic carbocycles. The molecule has 0 saturated heterocycles. The van der Waals surface area contributed by atoms with E-state index in [9.17, 15) is 0 Å². The van der Waals surface area contributed by atoms with Crippen LogP contribution in [0.1, 0.15) is 44.1 Å². The van der Waals surface area contributed by atoms with Crippen molar-refractivity contribution in [2.45, 2.75) is 37.4 Å². The molecule has 0 atom stereocenters. The summed E-state index contributed by atoms with van der Waals surface area (Å²) in [7, 11) is 0. The summed E-state index contributed by atoms with van der Waals surface area (Å²) in [4.78, 5) is 8.94. The van der Waals surface area contributed by atoms with Gasteiger partial charge in [0.1, 0.15) is 11.0 Å². The lowest BCUT2D eigenvalue weighted by Crippen LogP contribution is -2.17. The average molecular weight is 243 g/mol. The van der Waals surface area contributed by atoms with Gasteiger partial charge >= 0.3 is 0 Å². The van der Waals surface area contributed by atoms with Crippen LogP contribution >= 0.6 is 23.4 Å². The Morgan fingerprint density at radius 1 is 1.40 bits per heavy atom. The summed E-state index contributed by atoms with van der Waals surface area (Å²) in [6, 6.07) is 1.90. The molecule has 4 heteroatoms. The zero-order valence-corrected chi connectivity index (χ0v) is 10.8. The maximum atomic E-state index is 6.02. The Kier molecular flexibility index (Phi) is 2.95. The van der Waals surface area contributed by atoms with Gasteiger partial charge in [0, 0.05) is 11.6 Å². The molecular weight excluding hydrogens is 228 g/mol. The molecule has 0 N–H and O–H groups in total. The molecule has 82 valence electrons. The van der Waals surface area contributed by atoms with Crippen LogP contribution in [-0.2, 0) is 4.75 Å². The third-order valence-electron chi connectivity index (χ3n) is 2.76. The number of hydrogen-bond acceptors (Lipinski definition) is 3. The van der Waals surface area contributed by atoms with E-state index >= 15 is 0 Å². The van der Waals surface area contributed by atoms with Crippen LogP contribution in [0.5, 0.6) is 0 Å². The van der Waals surface area contributed by atoms with E-state index in [2.05, 4.69) is 30.1 Å². The quantitative estimate of drug-likeness (QED) is 0.758.